The summed E-state index contributed by atoms with van der Waals surface area (Å²) in [5.74, 6) is 2.11. The molecule has 2 heterocycles. The van der Waals surface area contributed by atoms with Crippen LogP contribution in [-0.2, 0) is 11.3 Å². The van der Waals surface area contributed by atoms with Gasteiger partial charge in [0, 0.05) is 64.2 Å². The zero-order valence-corrected chi connectivity index (χ0v) is 25.2. The highest BCUT2D eigenvalue weighted by molar-refractivity contribution is 5.85. The van der Waals surface area contributed by atoms with Crippen LogP contribution in [0.2, 0.25) is 0 Å². The van der Waals surface area contributed by atoms with Crippen molar-refractivity contribution in [2.45, 2.75) is 38.4 Å². The first-order valence-corrected chi connectivity index (χ1v) is 13.7. The summed E-state index contributed by atoms with van der Waals surface area (Å²) in [4.78, 5) is 19.6. The molecule has 5 rings (SSSR count). The van der Waals surface area contributed by atoms with Crippen molar-refractivity contribution in [2.75, 3.05) is 46.4 Å². The van der Waals surface area contributed by atoms with E-state index in [9.17, 15) is 4.79 Å². The van der Waals surface area contributed by atoms with Crippen molar-refractivity contribution in [2.24, 2.45) is 0 Å². The van der Waals surface area contributed by atoms with E-state index >= 15 is 0 Å². The molecule has 8 heteroatoms. The number of nitrogens with zero attached hydrogens (tertiary/aromatic N) is 3. The predicted octanol–water partition coefficient (Wildman–Crippen LogP) is 5.49. The van der Waals surface area contributed by atoms with Crippen LogP contribution in [0.4, 0.5) is 0 Å². The van der Waals surface area contributed by atoms with E-state index in [-0.39, 0.29) is 48.7 Å². The van der Waals surface area contributed by atoms with Crippen molar-refractivity contribution in [3.8, 4) is 11.5 Å². The Morgan fingerprint density at radius 3 is 2.05 bits per heavy atom. The van der Waals surface area contributed by atoms with E-state index in [1.54, 1.807) is 14.0 Å². The number of ether oxygens (including phenoxy) is 2. The van der Waals surface area contributed by atoms with Crippen LogP contribution in [0, 0.1) is 0 Å². The Hall–Kier alpha value is -2.77. The summed E-state index contributed by atoms with van der Waals surface area (Å²) >= 11 is 0. The van der Waals surface area contributed by atoms with Crippen LogP contribution < -0.4 is 9.47 Å². The molecule has 0 radical (unpaired) electrons. The molecular formula is C32H41Cl2N3O3. The summed E-state index contributed by atoms with van der Waals surface area (Å²) in [6.45, 7) is 9.26. The molecule has 3 aromatic carbocycles. The smallest absolute Gasteiger partial charge is 0.219 e. The molecule has 0 N–H and O–H groups in total. The Morgan fingerprint density at radius 2 is 1.48 bits per heavy atom. The van der Waals surface area contributed by atoms with E-state index in [1.807, 2.05) is 30.0 Å². The minimum atomic E-state index is 0. The summed E-state index contributed by atoms with van der Waals surface area (Å²) in [7, 11) is 1.72. The third-order valence-corrected chi connectivity index (χ3v) is 8.01. The van der Waals surface area contributed by atoms with Gasteiger partial charge >= 0.3 is 0 Å². The van der Waals surface area contributed by atoms with Crippen LogP contribution in [0.25, 0.3) is 0 Å². The number of amides is 1. The van der Waals surface area contributed by atoms with Gasteiger partial charge in [0.1, 0.15) is 11.5 Å². The average Bonchev–Trinajstić information content (AvgIpc) is 2.95. The number of halogens is 2. The van der Waals surface area contributed by atoms with Crippen LogP contribution in [0.1, 0.15) is 36.5 Å². The molecule has 0 bridgehead atoms. The molecule has 0 aromatic heterocycles. The maximum Gasteiger partial charge on any atom is 0.219 e. The van der Waals surface area contributed by atoms with Gasteiger partial charge in [-0.05, 0) is 30.2 Å². The predicted molar refractivity (Wildman–Crippen MR) is 165 cm³/mol. The fourth-order valence-corrected chi connectivity index (χ4v) is 6.29. The van der Waals surface area contributed by atoms with Crippen LogP contribution in [0.5, 0.6) is 11.5 Å². The van der Waals surface area contributed by atoms with Crippen LogP contribution in [0.15, 0.2) is 78.9 Å². The van der Waals surface area contributed by atoms with E-state index < -0.39 is 0 Å². The van der Waals surface area contributed by atoms with E-state index in [4.69, 9.17) is 9.47 Å². The standard InChI is InChI=1S/C32H39N3O3.2ClH/c1-4-38-31-17-11-16-30(37-3)28(31)22-33-20-27-21-34(24(2)36)18-19-35(27)29(23-33)32(25-12-7-5-8-13-25)26-14-9-6-10-15-26;;/h5-17,27,29,32H,4,18-23H2,1-3H3;2*1H/t27-,29?;;/m1../s1. The monoisotopic (exact) mass is 585 g/mol. The third kappa shape index (κ3) is 6.92. The number of hydrogen-bond donors (Lipinski definition) is 0. The zero-order valence-electron chi connectivity index (χ0n) is 23.6. The molecule has 0 spiro atoms. The summed E-state index contributed by atoms with van der Waals surface area (Å²) in [5, 5.41) is 0. The van der Waals surface area contributed by atoms with Crippen molar-refractivity contribution in [3.63, 3.8) is 0 Å². The first-order chi connectivity index (χ1) is 18.6. The van der Waals surface area contributed by atoms with Crippen molar-refractivity contribution in [1.29, 1.82) is 0 Å². The Balaban J connectivity index is 0.00000220. The van der Waals surface area contributed by atoms with Crippen LogP contribution in [-0.4, -0.2) is 79.1 Å². The fraction of sp³-hybridized carbons (Fsp3) is 0.406. The summed E-state index contributed by atoms with van der Waals surface area (Å²) in [5.41, 5.74) is 3.73. The fourth-order valence-electron chi connectivity index (χ4n) is 6.29. The average molecular weight is 587 g/mol. The van der Waals surface area contributed by atoms with Gasteiger partial charge in [-0.3, -0.25) is 14.6 Å². The lowest BCUT2D eigenvalue weighted by Crippen LogP contribution is -2.67. The molecule has 1 amide bonds. The molecule has 6 nitrogen and oxygen atoms in total. The number of rotatable bonds is 8. The molecule has 1 unspecified atom stereocenters. The first kappa shape index (κ1) is 31.8. The molecular weight excluding hydrogens is 545 g/mol. The number of piperazine rings is 2. The highest BCUT2D eigenvalue weighted by Gasteiger charge is 2.42. The van der Waals surface area contributed by atoms with E-state index in [0.29, 0.717) is 6.61 Å². The van der Waals surface area contributed by atoms with Gasteiger partial charge in [0.15, 0.2) is 0 Å². The third-order valence-electron chi connectivity index (χ3n) is 8.01. The molecule has 2 atom stereocenters. The van der Waals surface area contributed by atoms with Gasteiger partial charge in [0.2, 0.25) is 5.91 Å². The van der Waals surface area contributed by atoms with Crippen molar-refractivity contribution in [3.05, 3.63) is 95.6 Å². The molecule has 2 aliphatic rings. The largest absolute Gasteiger partial charge is 0.496 e. The number of carbonyl (C=O) groups excluding carboxylic acids is 1. The Morgan fingerprint density at radius 1 is 0.850 bits per heavy atom. The maximum absolute atomic E-state index is 12.4. The Labute approximate surface area is 251 Å². The summed E-state index contributed by atoms with van der Waals surface area (Å²) in [6.07, 6.45) is 0. The number of hydrogen-bond acceptors (Lipinski definition) is 5. The number of methoxy groups -OCH3 is 1. The zero-order chi connectivity index (χ0) is 26.5. The molecule has 3 aromatic rings. The molecule has 0 saturated carbocycles. The van der Waals surface area contributed by atoms with Gasteiger partial charge in [-0.2, -0.15) is 0 Å². The van der Waals surface area contributed by atoms with E-state index in [1.165, 1.54) is 11.1 Å². The lowest BCUT2D eigenvalue weighted by molar-refractivity contribution is -0.134. The lowest BCUT2D eigenvalue weighted by atomic mass is 9.81. The topological polar surface area (TPSA) is 45.3 Å². The second-order valence-electron chi connectivity index (χ2n) is 10.3. The molecule has 2 saturated heterocycles. The molecule has 40 heavy (non-hydrogen) atoms. The maximum atomic E-state index is 12.4. The second-order valence-corrected chi connectivity index (χ2v) is 10.3. The van der Waals surface area contributed by atoms with Crippen molar-refractivity contribution < 1.29 is 14.3 Å². The summed E-state index contributed by atoms with van der Waals surface area (Å²) < 4.78 is 11.8. The first-order valence-electron chi connectivity index (χ1n) is 13.7. The minimum Gasteiger partial charge on any atom is -0.496 e. The van der Waals surface area contributed by atoms with Gasteiger partial charge in [0.25, 0.3) is 0 Å². The normalized spacial score (nSPS) is 19.2. The number of fused-ring (bicyclic) bond motifs is 1. The molecule has 2 aliphatic heterocycles. The van der Waals surface area contributed by atoms with Crippen molar-refractivity contribution in [1.82, 2.24) is 14.7 Å². The molecule has 216 valence electrons. The van der Waals surface area contributed by atoms with Crippen LogP contribution in [0.3, 0.4) is 0 Å². The molecule has 0 aliphatic carbocycles. The highest BCUT2D eigenvalue weighted by Crippen LogP contribution is 2.37. The van der Waals surface area contributed by atoms with Gasteiger partial charge in [-0.15, -0.1) is 24.8 Å². The second kappa shape index (κ2) is 14.7. The summed E-state index contributed by atoms with van der Waals surface area (Å²) in [6, 6.07) is 28.3. The van der Waals surface area contributed by atoms with Crippen LogP contribution >= 0.6 is 24.8 Å². The lowest BCUT2D eigenvalue weighted by Gasteiger charge is -2.53. The van der Waals surface area contributed by atoms with Gasteiger partial charge in [0.05, 0.1) is 19.3 Å². The quantitative estimate of drug-likeness (QED) is 0.350. The number of carbonyl (C=O) groups is 1. The molecule has 2 fully saturated rings. The highest BCUT2D eigenvalue weighted by atomic mass is 35.5. The Kier molecular flexibility index (Phi) is 11.7. The van der Waals surface area contributed by atoms with Gasteiger partial charge in [-0.1, -0.05) is 66.7 Å². The van der Waals surface area contributed by atoms with E-state index in [0.717, 1.165) is 56.3 Å². The van der Waals surface area contributed by atoms with Crippen molar-refractivity contribution >= 4 is 30.7 Å². The minimum absolute atomic E-state index is 0. The Bertz CT molecular complexity index is 1180. The number of benzene rings is 3. The van der Waals surface area contributed by atoms with E-state index in [2.05, 4.69) is 70.5 Å². The van der Waals surface area contributed by atoms with Gasteiger partial charge < -0.3 is 14.4 Å². The van der Waals surface area contributed by atoms with Gasteiger partial charge in [-0.25, -0.2) is 0 Å². The SMILES string of the molecule is CCOc1cccc(OC)c1CN1CC(C(c2ccccc2)c2ccccc2)N2CCN(C(C)=O)C[C@H]2C1.Cl.Cl.